The van der Waals surface area contributed by atoms with Gasteiger partial charge in [-0.15, -0.1) is 0 Å². The van der Waals surface area contributed by atoms with Crippen LogP contribution in [0.2, 0.25) is 0 Å². The third-order valence-electron chi connectivity index (χ3n) is 4.06. The van der Waals surface area contributed by atoms with Crippen molar-refractivity contribution in [1.29, 1.82) is 0 Å². The fraction of sp³-hybridized carbons (Fsp3) is 0.929. The maximum atomic E-state index is 12.0. The smallest absolute Gasteiger partial charge is 0.222 e. The van der Waals surface area contributed by atoms with E-state index in [1.165, 1.54) is 6.42 Å². The molecule has 110 valence electrons. The summed E-state index contributed by atoms with van der Waals surface area (Å²) < 4.78 is 10.9. The van der Waals surface area contributed by atoms with Crippen molar-refractivity contribution in [1.82, 2.24) is 10.6 Å². The highest BCUT2D eigenvalue weighted by Crippen LogP contribution is 2.19. The van der Waals surface area contributed by atoms with Crippen LogP contribution in [-0.2, 0) is 14.3 Å². The molecule has 5 nitrogen and oxygen atoms in total. The summed E-state index contributed by atoms with van der Waals surface area (Å²) in [7, 11) is 1.71. The summed E-state index contributed by atoms with van der Waals surface area (Å²) in [4.78, 5) is 12.0. The Kier molecular flexibility index (Phi) is 5.60. The van der Waals surface area contributed by atoms with Gasteiger partial charge in [-0.2, -0.15) is 0 Å². The topological polar surface area (TPSA) is 59.6 Å². The Morgan fingerprint density at radius 2 is 2.37 bits per heavy atom. The Labute approximate surface area is 115 Å². The second-order valence-electron chi connectivity index (χ2n) is 5.71. The lowest BCUT2D eigenvalue weighted by Crippen LogP contribution is -2.53. The molecular weight excluding hydrogens is 244 g/mol. The Hall–Kier alpha value is -0.650. The van der Waals surface area contributed by atoms with Crippen LogP contribution in [0.3, 0.4) is 0 Å². The van der Waals surface area contributed by atoms with Gasteiger partial charge in [0.05, 0.1) is 24.7 Å². The third kappa shape index (κ3) is 4.44. The van der Waals surface area contributed by atoms with Crippen molar-refractivity contribution in [3.8, 4) is 0 Å². The number of rotatable bonds is 6. The lowest BCUT2D eigenvalue weighted by Gasteiger charge is -2.29. The molecule has 0 aliphatic carbocycles. The molecule has 0 saturated carbocycles. The lowest BCUT2D eigenvalue weighted by atomic mass is 9.98. The van der Waals surface area contributed by atoms with Crippen molar-refractivity contribution in [2.45, 2.75) is 50.2 Å². The van der Waals surface area contributed by atoms with Gasteiger partial charge >= 0.3 is 0 Å². The molecule has 0 radical (unpaired) electrons. The predicted molar refractivity (Wildman–Crippen MR) is 73.1 cm³/mol. The molecule has 2 unspecified atom stereocenters. The highest BCUT2D eigenvalue weighted by molar-refractivity contribution is 5.76. The Balaban J connectivity index is 1.72. The van der Waals surface area contributed by atoms with Gasteiger partial charge in [-0.3, -0.25) is 4.79 Å². The summed E-state index contributed by atoms with van der Waals surface area (Å²) in [6.07, 6.45) is 6.11. The van der Waals surface area contributed by atoms with E-state index in [-0.39, 0.29) is 17.6 Å². The first-order valence-corrected chi connectivity index (χ1v) is 7.36. The number of amides is 1. The molecule has 2 atom stereocenters. The molecule has 2 aliphatic heterocycles. The van der Waals surface area contributed by atoms with Crippen LogP contribution in [0.5, 0.6) is 0 Å². The maximum absolute atomic E-state index is 12.0. The molecule has 2 N–H and O–H groups in total. The number of ether oxygens (including phenoxy) is 2. The molecular formula is C14H26N2O3. The summed E-state index contributed by atoms with van der Waals surface area (Å²) >= 11 is 0. The molecule has 0 aromatic rings. The van der Waals surface area contributed by atoms with Crippen molar-refractivity contribution in [2.24, 2.45) is 0 Å². The van der Waals surface area contributed by atoms with Crippen molar-refractivity contribution in [3.63, 3.8) is 0 Å². The van der Waals surface area contributed by atoms with Crippen LogP contribution in [-0.4, -0.2) is 51.0 Å². The number of carbonyl (C=O) groups excluding carboxylic acids is 1. The summed E-state index contributed by atoms with van der Waals surface area (Å²) in [5, 5.41) is 6.50. The van der Waals surface area contributed by atoms with Crippen LogP contribution in [0.1, 0.15) is 38.5 Å². The van der Waals surface area contributed by atoms with Crippen LogP contribution >= 0.6 is 0 Å². The van der Waals surface area contributed by atoms with Gasteiger partial charge in [-0.1, -0.05) is 0 Å². The van der Waals surface area contributed by atoms with Gasteiger partial charge in [-0.25, -0.2) is 0 Å². The van der Waals surface area contributed by atoms with E-state index in [0.717, 1.165) is 38.8 Å². The molecule has 2 heterocycles. The van der Waals surface area contributed by atoms with E-state index in [0.29, 0.717) is 19.6 Å². The number of hydrogen-bond donors (Lipinski definition) is 2. The predicted octanol–water partition coefficient (Wildman–Crippen LogP) is 0.830. The van der Waals surface area contributed by atoms with Crippen molar-refractivity contribution in [3.05, 3.63) is 0 Å². The Morgan fingerprint density at radius 1 is 1.47 bits per heavy atom. The van der Waals surface area contributed by atoms with Crippen LogP contribution in [0, 0.1) is 0 Å². The van der Waals surface area contributed by atoms with Gasteiger partial charge in [0.2, 0.25) is 5.91 Å². The Morgan fingerprint density at radius 3 is 3.00 bits per heavy atom. The molecule has 19 heavy (non-hydrogen) atoms. The van der Waals surface area contributed by atoms with Crippen LogP contribution in [0.4, 0.5) is 0 Å². The van der Waals surface area contributed by atoms with Gasteiger partial charge in [0, 0.05) is 20.3 Å². The first-order chi connectivity index (χ1) is 9.24. The number of hydrogen-bond acceptors (Lipinski definition) is 4. The van der Waals surface area contributed by atoms with E-state index < -0.39 is 0 Å². The highest BCUT2D eigenvalue weighted by atomic mass is 16.5. The van der Waals surface area contributed by atoms with Gasteiger partial charge in [-0.05, 0) is 38.6 Å². The molecule has 2 saturated heterocycles. The van der Waals surface area contributed by atoms with E-state index in [2.05, 4.69) is 10.6 Å². The van der Waals surface area contributed by atoms with E-state index in [1.54, 1.807) is 7.11 Å². The van der Waals surface area contributed by atoms with Gasteiger partial charge in [0.15, 0.2) is 0 Å². The standard InChI is InChI=1S/C14H26N2O3/c1-18-11-14(6-4-7-16-14)10-15-13(17)9-12-5-2-3-8-19-12/h12,16H,2-11H2,1H3,(H,15,17). The second kappa shape index (κ2) is 7.22. The molecule has 0 aromatic heterocycles. The fourth-order valence-corrected chi connectivity index (χ4v) is 2.99. The van der Waals surface area contributed by atoms with Crippen molar-refractivity contribution >= 4 is 5.91 Å². The van der Waals surface area contributed by atoms with Crippen LogP contribution in [0.15, 0.2) is 0 Å². The van der Waals surface area contributed by atoms with E-state index in [1.807, 2.05) is 0 Å². The molecule has 2 aliphatic rings. The Bertz CT molecular complexity index is 284. The molecule has 1 amide bonds. The average Bonchev–Trinajstić information content (AvgIpc) is 2.87. The molecule has 0 bridgehead atoms. The van der Waals surface area contributed by atoms with Crippen LogP contribution < -0.4 is 10.6 Å². The normalized spacial score (nSPS) is 31.3. The van der Waals surface area contributed by atoms with E-state index in [4.69, 9.17) is 9.47 Å². The first-order valence-electron chi connectivity index (χ1n) is 7.36. The second-order valence-corrected chi connectivity index (χ2v) is 5.71. The summed E-state index contributed by atoms with van der Waals surface area (Å²) in [5.41, 5.74) is -0.0716. The molecule has 0 aromatic carbocycles. The zero-order valence-corrected chi connectivity index (χ0v) is 11.9. The van der Waals surface area contributed by atoms with Crippen molar-refractivity contribution in [2.75, 3.05) is 33.4 Å². The third-order valence-corrected chi connectivity index (χ3v) is 4.06. The number of nitrogens with one attached hydrogen (secondary N) is 2. The summed E-state index contributed by atoms with van der Waals surface area (Å²) in [6, 6.07) is 0. The first kappa shape index (κ1) is 14.8. The molecule has 5 heteroatoms. The lowest BCUT2D eigenvalue weighted by molar-refractivity contribution is -0.125. The zero-order valence-electron chi connectivity index (χ0n) is 11.9. The van der Waals surface area contributed by atoms with Crippen molar-refractivity contribution < 1.29 is 14.3 Å². The van der Waals surface area contributed by atoms with E-state index >= 15 is 0 Å². The van der Waals surface area contributed by atoms with Gasteiger partial charge in [0.1, 0.15) is 0 Å². The summed E-state index contributed by atoms with van der Waals surface area (Å²) in [5.74, 6) is 0.0936. The monoisotopic (exact) mass is 270 g/mol. The average molecular weight is 270 g/mol. The molecule has 2 fully saturated rings. The molecule has 2 rings (SSSR count). The van der Waals surface area contributed by atoms with Crippen LogP contribution in [0.25, 0.3) is 0 Å². The molecule has 0 spiro atoms. The van der Waals surface area contributed by atoms with E-state index in [9.17, 15) is 4.79 Å². The highest BCUT2D eigenvalue weighted by Gasteiger charge is 2.33. The largest absolute Gasteiger partial charge is 0.383 e. The number of carbonyl (C=O) groups is 1. The quantitative estimate of drug-likeness (QED) is 0.750. The summed E-state index contributed by atoms with van der Waals surface area (Å²) in [6.45, 7) is 3.09. The maximum Gasteiger partial charge on any atom is 0.222 e. The minimum absolute atomic E-state index is 0.0716. The fourth-order valence-electron chi connectivity index (χ4n) is 2.99. The van der Waals surface area contributed by atoms with Gasteiger partial charge < -0.3 is 20.1 Å². The zero-order chi connectivity index (χ0) is 13.6. The minimum Gasteiger partial charge on any atom is -0.383 e. The SMILES string of the molecule is COCC1(CNC(=O)CC2CCCCO2)CCCN1. The van der Waals surface area contributed by atoms with Gasteiger partial charge in [0.25, 0.3) is 0 Å². The minimum atomic E-state index is -0.0716. The number of methoxy groups -OCH3 is 1.